The Hall–Kier alpha value is -1.42. The summed E-state index contributed by atoms with van der Waals surface area (Å²) in [4.78, 5) is 14.1. The molecule has 1 aliphatic heterocycles. The number of rotatable bonds is 4. The minimum absolute atomic E-state index is 0.372. The van der Waals surface area contributed by atoms with Crippen molar-refractivity contribution in [3.63, 3.8) is 0 Å². The minimum Gasteiger partial charge on any atom is -0.462 e. The Morgan fingerprint density at radius 1 is 1.48 bits per heavy atom. The quantitative estimate of drug-likeness (QED) is 0.677. The molecule has 1 aromatic rings. The van der Waals surface area contributed by atoms with Crippen LogP contribution in [0.5, 0.6) is 0 Å². The van der Waals surface area contributed by atoms with Crippen molar-refractivity contribution >= 4 is 28.9 Å². The fourth-order valence-corrected chi connectivity index (χ4v) is 3.08. The summed E-state index contributed by atoms with van der Waals surface area (Å²) in [6.45, 7) is 5.49. The standard InChI is InChI=1S/C16H23ClN2O2/c1-3-8-21-16(20)12-9-13(17)15(14(18)10-12)19-7-5-4-6-11(19)2/h9-11H,3-8,18H2,1-2H3/t11-/m1/s1. The van der Waals surface area contributed by atoms with Crippen molar-refractivity contribution in [2.75, 3.05) is 23.8 Å². The molecule has 0 bridgehead atoms. The Bertz CT molecular complexity index is 496. The third kappa shape index (κ3) is 3.62. The molecule has 1 atom stereocenters. The van der Waals surface area contributed by atoms with E-state index in [2.05, 4.69) is 11.8 Å². The average Bonchev–Trinajstić information content (AvgIpc) is 2.45. The number of halogens is 1. The second kappa shape index (κ2) is 7.03. The molecule has 1 heterocycles. The molecule has 0 radical (unpaired) electrons. The van der Waals surface area contributed by atoms with E-state index in [9.17, 15) is 4.79 Å². The molecule has 1 saturated heterocycles. The molecule has 2 N–H and O–H groups in total. The molecule has 0 unspecified atom stereocenters. The lowest BCUT2D eigenvalue weighted by atomic mass is 10.0. The maximum absolute atomic E-state index is 11.9. The first-order chi connectivity index (χ1) is 10.0. The van der Waals surface area contributed by atoms with Crippen LogP contribution >= 0.6 is 11.6 Å². The lowest BCUT2D eigenvalue weighted by Crippen LogP contribution is -2.38. The van der Waals surface area contributed by atoms with Gasteiger partial charge in [-0.25, -0.2) is 4.79 Å². The number of nitrogens with two attached hydrogens (primary N) is 1. The highest BCUT2D eigenvalue weighted by molar-refractivity contribution is 6.34. The van der Waals surface area contributed by atoms with Gasteiger partial charge < -0.3 is 15.4 Å². The fraction of sp³-hybridized carbons (Fsp3) is 0.562. The smallest absolute Gasteiger partial charge is 0.338 e. The molecule has 1 aromatic carbocycles. The number of hydrogen-bond donors (Lipinski definition) is 1. The lowest BCUT2D eigenvalue weighted by Gasteiger charge is -2.36. The summed E-state index contributed by atoms with van der Waals surface area (Å²) in [7, 11) is 0. The Morgan fingerprint density at radius 2 is 2.24 bits per heavy atom. The van der Waals surface area contributed by atoms with Crippen LogP contribution in [-0.4, -0.2) is 25.2 Å². The van der Waals surface area contributed by atoms with Crippen molar-refractivity contribution in [3.05, 3.63) is 22.7 Å². The Labute approximate surface area is 131 Å². The summed E-state index contributed by atoms with van der Waals surface area (Å²) in [5, 5.41) is 0.521. The predicted molar refractivity (Wildman–Crippen MR) is 87.1 cm³/mol. The number of carbonyl (C=O) groups is 1. The van der Waals surface area contributed by atoms with Crippen LogP contribution < -0.4 is 10.6 Å². The third-order valence-corrected chi connectivity index (χ3v) is 4.14. The molecule has 5 heteroatoms. The van der Waals surface area contributed by atoms with E-state index >= 15 is 0 Å². The highest BCUT2D eigenvalue weighted by Crippen LogP contribution is 2.37. The van der Waals surface area contributed by atoms with Crippen molar-refractivity contribution in [2.24, 2.45) is 0 Å². The first-order valence-electron chi connectivity index (χ1n) is 7.57. The van der Waals surface area contributed by atoms with Crippen molar-refractivity contribution in [2.45, 2.75) is 45.6 Å². The van der Waals surface area contributed by atoms with E-state index in [0.29, 0.717) is 28.9 Å². The van der Waals surface area contributed by atoms with Crippen LogP contribution in [0.3, 0.4) is 0 Å². The summed E-state index contributed by atoms with van der Waals surface area (Å²) in [5.74, 6) is -0.372. The summed E-state index contributed by atoms with van der Waals surface area (Å²) < 4.78 is 5.13. The highest BCUT2D eigenvalue weighted by Gasteiger charge is 2.24. The molecule has 0 aromatic heterocycles. The third-order valence-electron chi connectivity index (χ3n) is 3.86. The van der Waals surface area contributed by atoms with Crippen molar-refractivity contribution in [3.8, 4) is 0 Å². The van der Waals surface area contributed by atoms with Gasteiger partial charge in [-0.2, -0.15) is 0 Å². The molecule has 0 spiro atoms. The van der Waals surface area contributed by atoms with E-state index in [1.807, 2.05) is 6.92 Å². The van der Waals surface area contributed by atoms with E-state index in [-0.39, 0.29) is 5.97 Å². The van der Waals surface area contributed by atoms with Gasteiger partial charge in [0.1, 0.15) is 0 Å². The van der Waals surface area contributed by atoms with Gasteiger partial charge in [0.05, 0.1) is 28.6 Å². The maximum atomic E-state index is 11.9. The molecule has 0 saturated carbocycles. The van der Waals surface area contributed by atoms with E-state index in [1.165, 1.54) is 6.42 Å². The Kier molecular flexibility index (Phi) is 5.34. The largest absolute Gasteiger partial charge is 0.462 e. The van der Waals surface area contributed by atoms with Gasteiger partial charge in [0, 0.05) is 12.6 Å². The predicted octanol–water partition coefficient (Wildman–Crippen LogP) is 3.87. The number of anilines is 2. The number of ether oxygens (including phenoxy) is 1. The maximum Gasteiger partial charge on any atom is 0.338 e. The number of hydrogen-bond acceptors (Lipinski definition) is 4. The molecule has 21 heavy (non-hydrogen) atoms. The fourth-order valence-electron chi connectivity index (χ4n) is 2.75. The summed E-state index contributed by atoms with van der Waals surface area (Å²) in [6.07, 6.45) is 4.30. The van der Waals surface area contributed by atoms with Crippen LogP contribution in [0.25, 0.3) is 0 Å². The van der Waals surface area contributed by atoms with Crippen molar-refractivity contribution < 1.29 is 9.53 Å². The molecule has 0 aliphatic carbocycles. The van der Waals surface area contributed by atoms with E-state index in [0.717, 1.165) is 31.5 Å². The molecular weight excluding hydrogens is 288 g/mol. The molecule has 2 rings (SSSR count). The van der Waals surface area contributed by atoms with Crippen LogP contribution in [0.1, 0.15) is 49.9 Å². The molecule has 116 valence electrons. The SMILES string of the molecule is CCCOC(=O)c1cc(N)c(N2CCCC[C@H]2C)c(Cl)c1. The Balaban J connectivity index is 2.26. The summed E-state index contributed by atoms with van der Waals surface area (Å²) in [5.41, 5.74) is 7.95. The Morgan fingerprint density at radius 3 is 2.86 bits per heavy atom. The molecule has 4 nitrogen and oxygen atoms in total. The second-order valence-electron chi connectivity index (χ2n) is 5.57. The monoisotopic (exact) mass is 310 g/mol. The van der Waals surface area contributed by atoms with Crippen LogP contribution in [-0.2, 0) is 4.74 Å². The van der Waals surface area contributed by atoms with E-state index in [4.69, 9.17) is 22.1 Å². The number of nitrogens with zero attached hydrogens (tertiary/aromatic N) is 1. The van der Waals surface area contributed by atoms with Gasteiger partial charge in [0.2, 0.25) is 0 Å². The first kappa shape index (κ1) is 16.0. The number of nitrogen functional groups attached to an aromatic ring is 1. The van der Waals surface area contributed by atoms with Gasteiger partial charge in [0.25, 0.3) is 0 Å². The van der Waals surface area contributed by atoms with Crippen LogP contribution in [0.2, 0.25) is 5.02 Å². The van der Waals surface area contributed by atoms with Crippen molar-refractivity contribution in [1.29, 1.82) is 0 Å². The lowest BCUT2D eigenvalue weighted by molar-refractivity contribution is 0.0505. The highest BCUT2D eigenvalue weighted by atomic mass is 35.5. The first-order valence-corrected chi connectivity index (χ1v) is 7.95. The van der Waals surface area contributed by atoms with E-state index in [1.54, 1.807) is 12.1 Å². The van der Waals surface area contributed by atoms with Crippen LogP contribution in [0.4, 0.5) is 11.4 Å². The zero-order chi connectivity index (χ0) is 15.4. The normalized spacial score (nSPS) is 18.6. The summed E-state index contributed by atoms with van der Waals surface area (Å²) >= 11 is 6.38. The second-order valence-corrected chi connectivity index (χ2v) is 5.98. The van der Waals surface area contributed by atoms with Gasteiger partial charge >= 0.3 is 5.97 Å². The minimum atomic E-state index is -0.372. The molecule has 1 aliphatic rings. The van der Waals surface area contributed by atoms with E-state index < -0.39 is 0 Å². The van der Waals surface area contributed by atoms with Gasteiger partial charge in [0.15, 0.2) is 0 Å². The van der Waals surface area contributed by atoms with Gasteiger partial charge in [-0.1, -0.05) is 18.5 Å². The van der Waals surface area contributed by atoms with Crippen LogP contribution in [0, 0.1) is 0 Å². The van der Waals surface area contributed by atoms with Gasteiger partial charge in [-0.15, -0.1) is 0 Å². The molecular formula is C16H23ClN2O2. The van der Waals surface area contributed by atoms with Gasteiger partial charge in [-0.05, 0) is 44.7 Å². The molecule has 1 fully saturated rings. The van der Waals surface area contributed by atoms with Gasteiger partial charge in [-0.3, -0.25) is 0 Å². The zero-order valence-electron chi connectivity index (χ0n) is 12.7. The number of piperidine rings is 1. The number of carbonyl (C=O) groups excluding carboxylic acids is 1. The van der Waals surface area contributed by atoms with Crippen molar-refractivity contribution in [1.82, 2.24) is 0 Å². The average molecular weight is 311 g/mol. The molecule has 0 amide bonds. The number of esters is 1. The number of benzene rings is 1. The topological polar surface area (TPSA) is 55.6 Å². The van der Waals surface area contributed by atoms with Crippen LogP contribution in [0.15, 0.2) is 12.1 Å². The zero-order valence-corrected chi connectivity index (χ0v) is 13.4. The summed E-state index contributed by atoms with van der Waals surface area (Å²) in [6, 6.07) is 3.74.